The highest BCUT2D eigenvalue weighted by atomic mass is 19.1. The quantitative estimate of drug-likeness (QED) is 0.514. The van der Waals surface area contributed by atoms with Gasteiger partial charge in [-0.1, -0.05) is 30.3 Å². The number of halogens is 1. The van der Waals surface area contributed by atoms with Crippen LogP contribution < -0.4 is 4.90 Å². The normalized spacial score (nSPS) is 14.0. The summed E-state index contributed by atoms with van der Waals surface area (Å²) in [6.45, 7) is 2.28. The van der Waals surface area contributed by atoms with Crippen LogP contribution in [0.25, 0.3) is 11.1 Å². The Balaban J connectivity index is 1.32. The van der Waals surface area contributed by atoms with Crippen LogP contribution in [0.1, 0.15) is 36.9 Å². The van der Waals surface area contributed by atoms with E-state index in [1.54, 1.807) is 6.07 Å². The van der Waals surface area contributed by atoms with Gasteiger partial charge in [0.1, 0.15) is 11.6 Å². The second-order valence-corrected chi connectivity index (χ2v) is 7.98. The van der Waals surface area contributed by atoms with Crippen LogP contribution >= 0.6 is 0 Å². The molecule has 4 rings (SSSR count). The molecular weight excluding hydrogens is 375 g/mol. The van der Waals surface area contributed by atoms with Gasteiger partial charge < -0.3 is 4.90 Å². The van der Waals surface area contributed by atoms with E-state index in [0.717, 1.165) is 35.5 Å². The van der Waals surface area contributed by atoms with E-state index in [2.05, 4.69) is 34.1 Å². The van der Waals surface area contributed by atoms with Gasteiger partial charge in [0.05, 0.1) is 0 Å². The number of piperidine rings is 1. The third-order valence-electron chi connectivity index (χ3n) is 5.71. The van der Waals surface area contributed by atoms with E-state index < -0.39 is 0 Å². The Morgan fingerprint density at radius 2 is 1.70 bits per heavy atom. The molecule has 0 aliphatic carbocycles. The third kappa shape index (κ3) is 5.32. The molecule has 0 unspecified atom stereocenters. The first kappa shape index (κ1) is 20.3. The van der Waals surface area contributed by atoms with E-state index in [4.69, 9.17) is 0 Å². The Hall–Kier alpha value is -3.01. The molecule has 1 aliphatic rings. The molecule has 1 fully saturated rings. The maximum absolute atomic E-state index is 13.2. The summed E-state index contributed by atoms with van der Waals surface area (Å²) in [5.41, 5.74) is 5.09. The number of hydrogen-bond donors (Lipinski definition) is 0. The van der Waals surface area contributed by atoms with Crippen molar-refractivity contribution in [3.63, 3.8) is 0 Å². The van der Waals surface area contributed by atoms with Crippen LogP contribution in [0.2, 0.25) is 0 Å². The number of aromatic nitrogens is 1. The van der Waals surface area contributed by atoms with E-state index in [9.17, 15) is 9.18 Å². The van der Waals surface area contributed by atoms with E-state index in [-0.39, 0.29) is 11.6 Å². The average Bonchev–Trinajstić information content (AvgIpc) is 2.79. The lowest BCUT2D eigenvalue weighted by atomic mass is 10.0. The predicted molar refractivity (Wildman–Crippen MR) is 119 cm³/mol. The number of hydrogen-bond acceptors (Lipinski definition) is 3. The fraction of sp³-hybridized carbons (Fsp3) is 0.308. The SMILES string of the molecule is O=C(CCc1cccc(F)c1)Cc1ccc(-c2ccc(N3CCCCC3)cc2)cn1. The molecule has 1 aromatic heterocycles. The van der Waals surface area contributed by atoms with Gasteiger partial charge >= 0.3 is 0 Å². The molecule has 3 aromatic rings. The molecule has 2 aromatic carbocycles. The molecule has 2 heterocycles. The topological polar surface area (TPSA) is 33.2 Å². The second kappa shape index (κ2) is 9.66. The first-order valence-electron chi connectivity index (χ1n) is 10.7. The van der Waals surface area contributed by atoms with Crippen molar-refractivity contribution in [3.05, 3.63) is 83.9 Å². The molecule has 0 atom stereocenters. The average molecular weight is 403 g/mol. The minimum Gasteiger partial charge on any atom is -0.372 e. The lowest BCUT2D eigenvalue weighted by molar-refractivity contribution is -0.118. The predicted octanol–water partition coefficient (Wildman–Crippen LogP) is 5.62. The summed E-state index contributed by atoms with van der Waals surface area (Å²) in [5, 5.41) is 0. The molecule has 0 radical (unpaired) electrons. The number of aryl methyl sites for hydroxylation is 1. The number of nitrogens with zero attached hydrogens (tertiary/aromatic N) is 2. The summed E-state index contributed by atoms with van der Waals surface area (Å²) in [5.74, 6) is -0.147. The maximum Gasteiger partial charge on any atom is 0.139 e. The summed E-state index contributed by atoms with van der Waals surface area (Å²) in [7, 11) is 0. The van der Waals surface area contributed by atoms with Crippen LogP contribution in [-0.2, 0) is 17.6 Å². The zero-order valence-corrected chi connectivity index (χ0v) is 17.2. The summed E-state index contributed by atoms with van der Waals surface area (Å²) in [6.07, 6.45) is 6.97. The van der Waals surface area contributed by atoms with Crippen molar-refractivity contribution in [3.8, 4) is 11.1 Å². The fourth-order valence-electron chi connectivity index (χ4n) is 3.98. The minimum atomic E-state index is -0.263. The van der Waals surface area contributed by atoms with Crippen LogP contribution in [0.5, 0.6) is 0 Å². The van der Waals surface area contributed by atoms with Gasteiger partial charge in [-0.15, -0.1) is 0 Å². The minimum absolute atomic E-state index is 0.116. The number of anilines is 1. The summed E-state index contributed by atoms with van der Waals surface area (Å²) in [4.78, 5) is 19.2. The lowest BCUT2D eigenvalue weighted by Crippen LogP contribution is -2.29. The number of carbonyl (C=O) groups excluding carboxylic acids is 1. The van der Waals surface area contributed by atoms with Gasteiger partial charge in [0, 0.05) is 49.1 Å². The fourth-order valence-corrected chi connectivity index (χ4v) is 3.98. The van der Waals surface area contributed by atoms with Crippen molar-refractivity contribution in [1.82, 2.24) is 4.98 Å². The van der Waals surface area contributed by atoms with E-state index >= 15 is 0 Å². The van der Waals surface area contributed by atoms with E-state index in [1.807, 2.05) is 24.4 Å². The van der Waals surface area contributed by atoms with Crippen molar-refractivity contribution in [2.24, 2.45) is 0 Å². The van der Waals surface area contributed by atoms with Crippen molar-refractivity contribution in [2.75, 3.05) is 18.0 Å². The maximum atomic E-state index is 13.2. The number of ketones is 1. The van der Waals surface area contributed by atoms with Crippen molar-refractivity contribution in [2.45, 2.75) is 38.5 Å². The molecule has 1 aliphatic heterocycles. The zero-order chi connectivity index (χ0) is 20.8. The Morgan fingerprint density at radius 3 is 2.40 bits per heavy atom. The number of Topliss-reactive ketones (excluding diaryl/α,β-unsaturated/α-hetero) is 1. The summed E-state index contributed by atoms with van der Waals surface area (Å²) >= 11 is 0. The highest BCUT2D eigenvalue weighted by Gasteiger charge is 2.11. The number of carbonyl (C=O) groups is 1. The summed E-state index contributed by atoms with van der Waals surface area (Å²) in [6, 6.07) is 19.0. The van der Waals surface area contributed by atoms with Crippen molar-refractivity contribution < 1.29 is 9.18 Å². The standard InChI is InChI=1S/C26H27FN2O/c27-23-6-4-5-20(17-23)7-14-26(30)18-24-11-8-22(19-28-24)21-9-12-25(13-10-21)29-15-2-1-3-16-29/h4-6,8-13,17,19H,1-3,7,14-16,18H2. The van der Waals surface area contributed by atoms with Gasteiger partial charge in [0.2, 0.25) is 0 Å². The Labute approximate surface area is 177 Å². The number of benzene rings is 2. The van der Waals surface area contributed by atoms with Gasteiger partial charge in [-0.2, -0.15) is 0 Å². The molecule has 0 bridgehead atoms. The Bertz CT molecular complexity index is 977. The molecule has 154 valence electrons. The van der Waals surface area contributed by atoms with Gasteiger partial charge in [-0.3, -0.25) is 9.78 Å². The molecule has 1 saturated heterocycles. The third-order valence-corrected chi connectivity index (χ3v) is 5.71. The molecule has 4 heteroatoms. The molecule has 3 nitrogen and oxygen atoms in total. The molecule has 0 N–H and O–H groups in total. The Kier molecular flexibility index (Phi) is 6.53. The Morgan fingerprint density at radius 1 is 0.933 bits per heavy atom. The van der Waals surface area contributed by atoms with Crippen molar-refractivity contribution in [1.29, 1.82) is 0 Å². The van der Waals surface area contributed by atoms with Gasteiger partial charge in [-0.05, 0) is 67.1 Å². The smallest absolute Gasteiger partial charge is 0.139 e. The zero-order valence-electron chi connectivity index (χ0n) is 17.2. The highest BCUT2D eigenvalue weighted by Crippen LogP contribution is 2.25. The lowest BCUT2D eigenvalue weighted by Gasteiger charge is -2.28. The van der Waals surface area contributed by atoms with Gasteiger partial charge in [0.15, 0.2) is 0 Å². The first-order valence-corrected chi connectivity index (χ1v) is 10.7. The second-order valence-electron chi connectivity index (χ2n) is 7.98. The number of pyridine rings is 1. The van der Waals surface area contributed by atoms with Gasteiger partial charge in [0.25, 0.3) is 0 Å². The molecule has 30 heavy (non-hydrogen) atoms. The molecule has 0 spiro atoms. The van der Waals surface area contributed by atoms with Crippen molar-refractivity contribution >= 4 is 11.5 Å². The monoisotopic (exact) mass is 402 g/mol. The summed E-state index contributed by atoms with van der Waals surface area (Å²) < 4.78 is 13.2. The first-order chi connectivity index (χ1) is 14.7. The van der Waals surface area contributed by atoms with Crippen LogP contribution in [-0.4, -0.2) is 23.9 Å². The molecule has 0 amide bonds. The number of rotatable bonds is 7. The highest BCUT2D eigenvalue weighted by molar-refractivity contribution is 5.80. The van der Waals surface area contributed by atoms with Crippen LogP contribution in [0.15, 0.2) is 66.9 Å². The molecule has 0 saturated carbocycles. The van der Waals surface area contributed by atoms with E-state index in [0.29, 0.717) is 19.3 Å². The largest absolute Gasteiger partial charge is 0.372 e. The van der Waals surface area contributed by atoms with Crippen LogP contribution in [0.4, 0.5) is 10.1 Å². The van der Waals surface area contributed by atoms with Crippen LogP contribution in [0.3, 0.4) is 0 Å². The van der Waals surface area contributed by atoms with E-state index in [1.165, 1.54) is 37.1 Å². The van der Waals surface area contributed by atoms with Crippen LogP contribution in [0, 0.1) is 5.82 Å². The van der Waals surface area contributed by atoms with Gasteiger partial charge in [-0.25, -0.2) is 4.39 Å². The molecular formula is C26H27FN2O.